The minimum Gasteiger partial charge on any atom is -0.444 e. The van der Waals surface area contributed by atoms with Crippen LogP contribution in [0.3, 0.4) is 0 Å². The summed E-state index contributed by atoms with van der Waals surface area (Å²) in [5.41, 5.74) is 0.895. The second kappa shape index (κ2) is 7.14. The van der Waals surface area contributed by atoms with Gasteiger partial charge in [0.2, 0.25) is 0 Å². The lowest BCUT2D eigenvalue weighted by Crippen LogP contribution is -2.43. The quantitative estimate of drug-likeness (QED) is 0.928. The van der Waals surface area contributed by atoms with Crippen LogP contribution in [0.2, 0.25) is 0 Å². The Morgan fingerprint density at radius 1 is 1.23 bits per heavy atom. The van der Waals surface area contributed by atoms with Crippen molar-refractivity contribution in [3.05, 3.63) is 35.9 Å². The van der Waals surface area contributed by atoms with Crippen LogP contribution in [-0.4, -0.2) is 36.7 Å². The third kappa shape index (κ3) is 4.47. The highest BCUT2D eigenvalue weighted by atomic mass is 16.6. The Bertz CT molecular complexity index is 474. The van der Waals surface area contributed by atoms with Crippen molar-refractivity contribution in [2.45, 2.75) is 45.3 Å². The molecule has 0 saturated carbocycles. The van der Waals surface area contributed by atoms with Gasteiger partial charge < -0.3 is 15.0 Å². The predicted molar refractivity (Wildman–Crippen MR) is 88.8 cm³/mol. The van der Waals surface area contributed by atoms with Gasteiger partial charge in [0, 0.05) is 19.1 Å². The van der Waals surface area contributed by atoms with E-state index in [2.05, 4.69) is 29.6 Å². The summed E-state index contributed by atoms with van der Waals surface area (Å²) in [4.78, 5) is 14.0. The van der Waals surface area contributed by atoms with Crippen LogP contribution in [0.25, 0.3) is 0 Å². The molecule has 0 bridgehead atoms. The van der Waals surface area contributed by atoms with E-state index >= 15 is 0 Å². The second-order valence-electron chi connectivity index (χ2n) is 6.98. The van der Waals surface area contributed by atoms with E-state index in [1.165, 1.54) is 5.56 Å². The molecular weight excluding hydrogens is 276 g/mol. The monoisotopic (exact) mass is 304 g/mol. The molecule has 1 atom stereocenters. The van der Waals surface area contributed by atoms with Gasteiger partial charge in [-0.2, -0.15) is 0 Å². The summed E-state index contributed by atoms with van der Waals surface area (Å²) >= 11 is 0. The van der Waals surface area contributed by atoms with Crippen molar-refractivity contribution < 1.29 is 9.53 Å². The Kier molecular flexibility index (Phi) is 5.46. The van der Waals surface area contributed by atoms with Gasteiger partial charge in [-0.3, -0.25) is 0 Å². The van der Waals surface area contributed by atoms with E-state index in [1.807, 2.05) is 38.8 Å². The molecule has 0 spiro atoms. The first-order valence-corrected chi connectivity index (χ1v) is 8.11. The molecule has 1 aromatic carbocycles. The molecule has 22 heavy (non-hydrogen) atoms. The number of piperidine rings is 1. The number of carbonyl (C=O) groups is 1. The van der Waals surface area contributed by atoms with Gasteiger partial charge in [0.25, 0.3) is 0 Å². The number of likely N-dealkylation sites (tertiary alicyclic amines) is 1. The lowest BCUT2D eigenvalue weighted by Gasteiger charge is -2.36. The number of amides is 1. The Balaban J connectivity index is 1.92. The predicted octanol–water partition coefficient (Wildman–Crippen LogP) is 3.59. The molecule has 1 aliphatic heterocycles. The van der Waals surface area contributed by atoms with Crippen molar-refractivity contribution in [1.82, 2.24) is 10.2 Å². The Morgan fingerprint density at radius 2 is 1.82 bits per heavy atom. The van der Waals surface area contributed by atoms with Crippen LogP contribution in [-0.2, 0) is 4.74 Å². The van der Waals surface area contributed by atoms with Gasteiger partial charge in [0.15, 0.2) is 0 Å². The van der Waals surface area contributed by atoms with Gasteiger partial charge in [0.05, 0.1) is 0 Å². The summed E-state index contributed by atoms with van der Waals surface area (Å²) < 4.78 is 5.46. The number of hydrogen-bond acceptors (Lipinski definition) is 3. The number of hydrogen-bond donors (Lipinski definition) is 1. The lowest BCUT2D eigenvalue weighted by atomic mass is 9.85. The first kappa shape index (κ1) is 16.8. The highest BCUT2D eigenvalue weighted by Gasteiger charge is 2.30. The molecule has 1 heterocycles. The maximum absolute atomic E-state index is 12.1. The van der Waals surface area contributed by atoms with Crippen LogP contribution in [0.4, 0.5) is 4.79 Å². The summed E-state index contributed by atoms with van der Waals surface area (Å²) in [6.45, 7) is 7.26. The van der Waals surface area contributed by atoms with E-state index in [0.717, 1.165) is 25.9 Å². The fraction of sp³-hybridized carbons (Fsp3) is 0.611. The van der Waals surface area contributed by atoms with Crippen LogP contribution in [0, 0.1) is 5.92 Å². The maximum atomic E-state index is 12.1. The third-order valence-corrected chi connectivity index (χ3v) is 4.13. The molecule has 1 fully saturated rings. The largest absolute Gasteiger partial charge is 0.444 e. The molecule has 0 unspecified atom stereocenters. The molecule has 1 amide bonds. The Morgan fingerprint density at radius 3 is 2.32 bits per heavy atom. The maximum Gasteiger partial charge on any atom is 0.410 e. The summed E-state index contributed by atoms with van der Waals surface area (Å²) in [7, 11) is 2.01. The molecule has 0 radical (unpaired) electrons. The van der Waals surface area contributed by atoms with Crippen molar-refractivity contribution in [2.24, 2.45) is 5.92 Å². The zero-order valence-electron chi connectivity index (χ0n) is 14.1. The fourth-order valence-corrected chi connectivity index (χ4v) is 3.08. The van der Waals surface area contributed by atoms with Gasteiger partial charge >= 0.3 is 6.09 Å². The molecule has 0 aromatic heterocycles. The number of benzene rings is 1. The highest BCUT2D eigenvalue weighted by molar-refractivity contribution is 5.68. The molecular formula is C18H28N2O2. The molecule has 4 nitrogen and oxygen atoms in total. The average molecular weight is 304 g/mol. The van der Waals surface area contributed by atoms with Crippen LogP contribution < -0.4 is 5.32 Å². The topological polar surface area (TPSA) is 41.6 Å². The smallest absolute Gasteiger partial charge is 0.410 e. The molecule has 4 heteroatoms. The summed E-state index contributed by atoms with van der Waals surface area (Å²) in [6, 6.07) is 10.9. The summed E-state index contributed by atoms with van der Waals surface area (Å²) in [5, 5.41) is 3.44. The van der Waals surface area contributed by atoms with E-state index in [-0.39, 0.29) is 6.09 Å². The van der Waals surface area contributed by atoms with Crippen LogP contribution in [0.15, 0.2) is 30.3 Å². The van der Waals surface area contributed by atoms with Crippen molar-refractivity contribution in [3.63, 3.8) is 0 Å². The second-order valence-corrected chi connectivity index (χ2v) is 6.98. The van der Waals surface area contributed by atoms with Crippen LogP contribution >= 0.6 is 0 Å². The normalized spacial score (nSPS) is 18.1. The summed E-state index contributed by atoms with van der Waals surface area (Å²) in [6.07, 6.45) is 1.81. The van der Waals surface area contributed by atoms with E-state index in [4.69, 9.17) is 4.74 Å². The minimum absolute atomic E-state index is 0.188. The van der Waals surface area contributed by atoms with Gasteiger partial charge in [-0.05, 0) is 52.1 Å². The standard InChI is InChI=1S/C18H28N2O2/c1-18(2,3)22-17(21)20-12-10-15(11-13-20)16(19-4)14-8-6-5-7-9-14/h5-9,15-16,19H,10-13H2,1-4H3/t16-/m0/s1. The molecule has 122 valence electrons. The van der Waals surface area contributed by atoms with Crippen LogP contribution in [0.5, 0.6) is 0 Å². The van der Waals surface area contributed by atoms with Crippen molar-refractivity contribution in [1.29, 1.82) is 0 Å². The third-order valence-electron chi connectivity index (χ3n) is 4.13. The average Bonchev–Trinajstić information content (AvgIpc) is 2.48. The highest BCUT2D eigenvalue weighted by Crippen LogP contribution is 2.30. The number of rotatable bonds is 3. The van der Waals surface area contributed by atoms with Crippen LogP contribution in [0.1, 0.15) is 45.2 Å². The van der Waals surface area contributed by atoms with E-state index in [9.17, 15) is 4.79 Å². The van der Waals surface area contributed by atoms with Crippen molar-refractivity contribution in [2.75, 3.05) is 20.1 Å². The van der Waals surface area contributed by atoms with Crippen molar-refractivity contribution in [3.8, 4) is 0 Å². The molecule has 1 aliphatic rings. The number of nitrogens with zero attached hydrogens (tertiary/aromatic N) is 1. The lowest BCUT2D eigenvalue weighted by molar-refractivity contribution is 0.0170. The molecule has 0 aliphatic carbocycles. The van der Waals surface area contributed by atoms with Gasteiger partial charge in [-0.15, -0.1) is 0 Å². The number of nitrogens with one attached hydrogen (secondary N) is 1. The SMILES string of the molecule is CN[C@@H](c1ccccc1)C1CCN(C(=O)OC(C)(C)C)CC1. The number of carbonyl (C=O) groups excluding carboxylic acids is 1. The molecule has 1 N–H and O–H groups in total. The van der Waals surface area contributed by atoms with Gasteiger partial charge in [-0.25, -0.2) is 4.79 Å². The molecule has 2 rings (SSSR count). The van der Waals surface area contributed by atoms with Gasteiger partial charge in [-0.1, -0.05) is 30.3 Å². The minimum atomic E-state index is -0.425. The van der Waals surface area contributed by atoms with Gasteiger partial charge in [0.1, 0.15) is 5.60 Å². The summed E-state index contributed by atoms with van der Waals surface area (Å²) in [5.74, 6) is 0.547. The first-order chi connectivity index (χ1) is 10.4. The molecule has 1 aromatic rings. The Hall–Kier alpha value is -1.55. The first-order valence-electron chi connectivity index (χ1n) is 8.11. The van der Waals surface area contributed by atoms with E-state index in [0.29, 0.717) is 12.0 Å². The van der Waals surface area contributed by atoms with E-state index in [1.54, 1.807) is 0 Å². The zero-order valence-corrected chi connectivity index (χ0v) is 14.1. The zero-order chi connectivity index (χ0) is 16.2. The fourth-order valence-electron chi connectivity index (χ4n) is 3.08. The molecule has 1 saturated heterocycles. The Labute approximate surface area is 133 Å². The van der Waals surface area contributed by atoms with E-state index < -0.39 is 5.60 Å². The number of ether oxygens (including phenoxy) is 1. The van der Waals surface area contributed by atoms with Crippen molar-refractivity contribution >= 4 is 6.09 Å².